The number of fused-ring (bicyclic) bond motifs is 2. The third-order valence-corrected chi connectivity index (χ3v) is 5.75. The van der Waals surface area contributed by atoms with Crippen LogP contribution in [0.4, 0.5) is 0 Å². The highest BCUT2D eigenvalue weighted by atomic mass is 16.5. The zero-order chi connectivity index (χ0) is 24.6. The van der Waals surface area contributed by atoms with Crippen LogP contribution in [0.3, 0.4) is 0 Å². The first-order valence-electron chi connectivity index (χ1n) is 11.4. The molecule has 0 saturated heterocycles. The molecule has 0 bridgehead atoms. The van der Waals surface area contributed by atoms with Gasteiger partial charge < -0.3 is 24.3 Å². The number of aromatic nitrogens is 4. The van der Waals surface area contributed by atoms with Gasteiger partial charge in [0.05, 0.1) is 35.7 Å². The minimum absolute atomic E-state index is 0.167. The number of hydrogen-bond acceptors (Lipinski definition) is 6. The average molecular weight is 462 g/mol. The number of pyridine rings is 1. The second-order valence-electron chi connectivity index (χ2n) is 8.69. The first-order chi connectivity index (χ1) is 16.2. The van der Waals surface area contributed by atoms with Crippen LogP contribution in [0.5, 0.6) is 5.75 Å². The molecule has 0 aliphatic rings. The maximum atomic E-state index is 12.6. The number of methoxy groups -OCH3 is 1. The topological polar surface area (TPSA) is 97.2 Å². The molecule has 0 saturated carbocycles. The number of imidazole rings is 1. The second kappa shape index (κ2) is 9.30. The summed E-state index contributed by atoms with van der Waals surface area (Å²) in [4.78, 5) is 22.3. The molecule has 8 nitrogen and oxygen atoms in total. The SMILES string of the molecule is C=CCCn1c(-c2nc3cc(C(=O)OC(C)C)cc(OC)c3n2C)cc2ccc(C(C)N)nc21. The lowest BCUT2D eigenvalue weighted by molar-refractivity contribution is 0.0377. The normalized spacial score (nSPS) is 12.4. The Bertz CT molecular complexity index is 1380. The van der Waals surface area contributed by atoms with Gasteiger partial charge in [0, 0.05) is 25.0 Å². The largest absolute Gasteiger partial charge is 0.494 e. The van der Waals surface area contributed by atoms with E-state index in [0.29, 0.717) is 23.4 Å². The van der Waals surface area contributed by atoms with E-state index in [1.165, 1.54) is 0 Å². The summed E-state index contributed by atoms with van der Waals surface area (Å²) in [5.41, 5.74) is 10.5. The zero-order valence-corrected chi connectivity index (χ0v) is 20.3. The highest BCUT2D eigenvalue weighted by molar-refractivity contribution is 5.97. The molecule has 3 aromatic heterocycles. The minimum atomic E-state index is -0.407. The molecule has 2 N–H and O–H groups in total. The molecule has 4 aromatic rings. The summed E-state index contributed by atoms with van der Waals surface area (Å²) in [5, 5.41) is 1.00. The molecular formula is C26H31N5O3. The van der Waals surface area contributed by atoms with Gasteiger partial charge in [0.15, 0.2) is 5.82 Å². The van der Waals surface area contributed by atoms with Crippen molar-refractivity contribution in [3.63, 3.8) is 0 Å². The van der Waals surface area contributed by atoms with Gasteiger partial charge in [-0.05, 0) is 57.5 Å². The number of nitrogens with two attached hydrogens (primary N) is 1. The average Bonchev–Trinajstić information content (AvgIpc) is 3.33. The molecule has 1 aromatic carbocycles. The molecule has 34 heavy (non-hydrogen) atoms. The van der Waals surface area contributed by atoms with Crippen LogP contribution in [-0.4, -0.2) is 38.3 Å². The van der Waals surface area contributed by atoms with Crippen molar-refractivity contribution in [1.82, 2.24) is 19.1 Å². The Morgan fingerprint density at radius 3 is 2.62 bits per heavy atom. The van der Waals surface area contributed by atoms with Crippen LogP contribution < -0.4 is 10.5 Å². The molecule has 3 heterocycles. The van der Waals surface area contributed by atoms with Gasteiger partial charge in [0.25, 0.3) is 0 Å². The van der Waals surface area contributed by atoms with Gasteiger partial charge in [0.1, 0.15) is 16.9 Å². The Morgan fingerprint density at radius 1 is 1.21 bits per heavy atom. The first-order valence-corrected chi connectivity index (χ1v) is 11.4. The van der Waals surface area contributed by atoms with Crippen molar-refractivity contribution in [2.24, 2.45) is 12.8 Å². The van der Waals surface area contributed by atoms with Gasteiger partial charge in [-0.3, -0.25) is 0 Å². The Kier molecular flexibility index (Phi) is 6.43. The third-order valence-electron chi connectivity index (χ3n) is 5.75. The van der Waals surface area contributed by atoms with Gasteiger partial charge in [-0.1, -0.05) is 6.08 Å². The summed E-state index contributed by atoms with van der Waals surface area (Å²) in [6.45, 7) is 10.1. The van der Waals surface area contributed by atoms with Crippen LogP contribution in [0.2, 0.25) is 0 Å². The number of carbonyl (C=O) groups is 1. The van der Waals surface area contributed by atoms with E-state index in [4.69, 9.17) is 25.2 Å². The Hall–Kier alpha value is -3.65. The van der Waals surface area contributed by atoms with Crippen molar-refractivity contribution < 1.29 is 14.3 Å². The molecule has 178 valence electrons. The number of allylic oxidation sites excluding steroid dienone is 1. The second-order valence-corrected chi connectivity index (χ2v) is 8.69. The predicted molar refractivity (Wildman–Crippen MR) is 134 cm³/mol. The van der Waals surface area contributed by atoms with E-state index in [9.17, 15) is 4.79 Å². The van der Waals surface area contributed by atoms with E-state index in [1.807, 2.05) is 50.6 Å². The molecule has 1 atom stereocenters. The molecule has 4 rings (SSSR count). The van der Waals surface area contributed by atoms with Gasteiger partial charge in [-0.15, -0.1) is 6.58 Å². The summed E-state index contributed by atoms with van der Waals surface area (Å²) < 4.78 is 15.1. The van der Waals surface area contributed by atoms with Crippen molar-refractivity contribution >= 4 is 28.0 Å². The number of esters is 1. The lowest BCUT2D eigenvalue weighted by Gasteiger charge is -2.11. The van der Waals surface area contributed by atoms with Crippen LogP contribution in [0.25, 0.3) is 33.6 Å². The fraction of sp³-hybridized carbons (Fsp3) is 0.346. The van der Waals surface area contributed by atoms with Crippen molar-refractivity contribution in [1.29, 1.82) is 0 Å². The zero-order valence-electron chi connectivity index (χ0n) is 20.3. The van der Waals surface area contributed by atoms with Crippen molar-refractivity contribution in [2.45, 2.75) is 45.9 Å². The maximum Gasteiger partial charge on any atom is 0.338 e. The van der Waals surface area contributed by atoms with Crippen molar-refractivity contribution in [3.05, 3.63) is 54.2 Å². The van der Waals surface area contributed by atoms with Crippen LogP contribution >= 0.6 is 0 Å². The molecule has 0 radical (unpaired) electrons. The highest BCUT2D eigenvalue weighted by Crippen LogP contribution is 2.34. The van der Waals surface area contributed by atoms with Crippen molar-refractivity contribution in [2.75, 3.05) is 7.11 Å². The Labute approximate surface area is 199 Å². The van der Waals surface area contributed by atoms with Gasteiger partial charge in [0.2, 0.25) is 0 Å². The lowest BCUT2D eigenvalue weighted by Crippen LogP contribution is -2.11. The summed E-state index contributed by atoms with van der Waals surface area (Å²) in [6, 6.07) is 9.35. The number of carbonyl (C=O) groups excluding carboxylic acids is 1. The number of nitrogens with zero attached hydrogens (tertiary/aromatic N) is 4. The summed E-state index contributed by atoms with van der Waals surface area (Å²) >= 11 is 0. The van der Waals surface area contributed by atoms with E-state index >= 15 is 0 Å². The van der Waals surface area contributed by atoms with E-state index in [1.54, 1.807) is 19.2 Å². The monoisotopic (exact) mass is 461 g/mol. The molecular weight excluding hydrogens is 430 g/mol. The van der Waals surface area contributed by atoms with Crippen LogP contribution in [0.1, 0.15) is 49.3 Å². The van der Waals surface area contributed by atoms with Gasteiger partial charge >= 0.3 is 5.97 Å². The number of hydrogen-bond donors (Lipinski definition) is 1. The number of aryl methyl sites for hydroxylation is 2. The molecule has 8 heteroatoms. The Morgan fingerprint density at radius 2 is 1.97 bits per heavy atom. The number of benzene rings is 1. The highest BCUT2D eigenvalue weighted by Gasteiger charge is 2.22. The molecule has 0 aliphatic carbocycles. The Balaban J connectivity index is 1.93. The first kappa shape index (κ1) is 23.5. The van der Waals surface area contributed by atoms with E-state index in [0.717, 1.165) is 40.2 Å². The predicted octanol–water partition coefficient (Wildman–Crippen LogP) is 4.76. The summed E-state index contributed by atoms with van der Waals surface area (Å²) in [6.07, 6.45) is 2.44. The maximum absolute atomic E-state index is 12.6. The molecule has 0 aliphatic heterocycles. The third kappa shape index (κ3) is 4.17. The van der Waals surface area contributed by atoms with Gasteiger partial charge in [-0.25, -0.2) is 14.8 Å². The molecule has 0 amide bonds. The number of rotatable bonds is 8. The van der Waals surface area contributed by atoms with E-state index in [2.05, 4.69) is 17.2 Å². The molecule has 1 unspecified atom stereocenters. The fourth-order valence-electron chi connectivity index (χ4n) is 4.12. The van der Waals surface area contributed by atoms with Crippen LogP contribution in [0.15, 0.2) is 43.0 Å². The molecule has 0 fully saturated rings. The lowest BCUT2D eigenvalue weighted by atomic mass is 10.2. The summed E-state index contributed by atoms with van der Waals surface area (Å²) in [7, 11) is 3.52. The standard InChI is InChI=1S/C26H31N5O3/c1-7-8-11-31-21(13-17-9-10-19(16(4)27)28-24(17)31)25-29-20-12-18(26(32)34-15(2)3)14-22(33-6)23(20)30(25)5/h7,9-10,12-16H,1,8,11,27H2,2-6H3. The van der Waals surface area contributed by atoms with Crippen molar-refractivity contribution in [3.8, 4) is 17.3 Å². The molecule has 0 spiro atoms. The van der Waals surface area contributed by atoms with Crippen LogP contribution in [0, 0.1) is 0 Å². The smallest absolute Gasteiger partial charge is 0.338 e. The number of ether oxygens (including phenoxy) is 2. The fourth-order valence-corrected chi connectivity index (χ4v) is 4.12. The van der Waals surface area contributed by atoms with E-state index in [-0.39, 0.29) is 12.1 Å². The van der Waals surface area contributed by atoms with Gasteiger partial charge in [-0.2, -0.15) is 0 Å². The quantitative estimate of drug-likeness (QED) is 0.300. The summed E-state index contributed by atoms with van der Waals surface area (Å²) in [5.74, 6) is 0.891. The van der Waals surface area contributed by atoms with Crippen LogP contribution in [-0.2, 0) is 18.3 Å². The van der Waals surface area contributed by atoms with E-state index < -0.39 is 5.97 Å². The minimum Gasteiger partial charge on any atom is -0.494 e.